The molecule has 1 aromatic heterocycles. The molecular formula is C8H11BrN2O3. The molecule has 0 aromatic carbocycles. The molecule has 1 aromatic rings. The number of aromatic nitrogens is 2. The maximum absolute atomic E-state index is 11.3. The van der Waals surface area contributed by atoms with E-state index in [1.54, 1.807) is 12.4 Å². The fraction of sp³-hybridized carbons (Fsp3) is 0.500. The van der Waals surface area contributed by atoms with Crippen LogP contribution in [0.2, 0.25) is 0 Å². The minimum Gasteiger partial charge on any atom is -0.467 e. The van der Waals surface area contributed by atoms with Crippen molar-refractivity contribution >= 4 is 21.9 Å². The highest BCUT2D eigenvalue weighted by Crippen LogP contribution is 2.13. The van der Waals surface area contributed by atoms with Gasteiger partial charge in [0.2, 0.25) is 0 Å². The Bertz CT molecular complexity index is 313. The molecule has 1 atom stereocenters. The van der Waals surface area contributed by atoms with Crippen molar-refractivity contribution in [1.29, 1.82) is 0 Å². The summed E-state index contributed by atoms with van der Waals surface area (Å²) in [5.74, 6) is -0.373. The van der Waals surface area contributed by atoms with Crippen LogP contribution in [0.4, 0.5) is 0 Å². The van der Waals surface area contributed by atoms with Gasteiger partial charge in [0.25, 0.3) is 0 Å². The molecule has 0 spiro atoms. The summed E-state index contributed by atoms with van der Waals surface area (Å²) in [6.45, 7) is 0.237. The first-order valence-corrected chi connectivity index (χ1v) is 4.74. The van der Waals surface area contributed by atoms with Crippen molar-refractivity contribution in [3.63, 3.8) is 0 Å². The van der Waals surface area contributed by atoms with Gasteiger partial charge in [-0.2, -0.15) is 5.10 Å². The molecule has 1 rings (SSSR count). The molecule has 0 fully saturated rings. The van der Waals surface area contributed by atoms with Gasteiger partial charge in [0.1, 0.15) is 0 Å². The second-order valence-electron chi connectivity index (χ2n) is 2.63. The van der Waals surface area contributed by atoms with E-state index in [9.17, 15) is 4.79 Å². The number of ether oxygens (including phenoxy) is 2. The number of nitrogens with zero attached hydrogens (tertiary/aromatic N) is 2. The van der Waals surface area contributed by atoms with Crippen molar-refractivity contribution < 1.29 is 14.3 Å². The van der Waals surface area contributed by atoms with Crippen LogP contribution in [0.3, 0.4) is 0 Å². The molecule has 0 aliphatic heterocycles. The molecule has 0 amide bonds. The van der Waals surface area contributed by atoms with Crippen LogP contribution in [-0.2, 0) is 14.3 Å². The number of hydrogen-bond donors (Lipinski definition) is 0. The number of hydrogen-bond acceptors (Lipinski definition) is 4. The van der Waals surface area contributed by atoms with Gasteiger partial charge in [0, 0.05) is 13.3 Å². The zero-order valence-corrected chi connectivity index (χ0v) is 9.52. The fourth-order valence-electron chi connectivity index (χ4n) is 1.03. The molecule has 1 heterocycles. The summed E-state index contributed by atoms with van der Waals surface area (Å²) in [4.78, 5) is 11.3. The lowest BCUT2D eigenvalue weighted by Crippen LogP contribution is -2.25. The van der Waals surface area contributed by atoms with E-state index in [0.717, 1.165) is 4.47 Å². The Balaban J connectivity index is 2.82. The van der Waals surface area contributed by atoms with Gasteiger partial charge in [0.05, 0.1) is 24.4 Å². The molecular weight excluding hydrogens is 252 g/mol. The lowest BCUT2D eigenvalue weighted by atomic mass is 10.3. The first-order valence-electron chi connectivity index (χ1n) is 3.95. The standard InChI is InChI=1S/C8H11BrN2O3/c1-13-5-7(8(12)14-2)11-4-6(9)3-10-11/h3-4,7H,5H2,1-2H3. The van der Waals surface area contributed by atoms with Crippen molar-refractivity contribution in [1.82, 2.24) is 9.78 Å². The highest BCUT2D eigenvalue weighted by atomic mass is 79.9. The molecule has 5 nitrogen and oxygen atoms in total. The van der Waals surface area contributed by atoms with E-state index in [2.05, 4.69) is 25.8 Å². The SMILES string of the molecule is COCC(C(=O)OC)n1cc(Br)cn1. The summed E-state index contributed by atoms with van der Waals surface area (Å²) in [6.07, 6.45) is 3.30. The summed E-state index contributed by atoms with van der Waals surface area (Å²) >= 11 is 3.25. The maximum atomic E-state index is 11.3. The van der Waals surface area contributed by atoms with Crippen molar-refractivity contribution in [2.24, 2.45) is 0 Å². The molecule has 0 radical (unpaired) electrons. The average Bonchev–Trinajstić information content (AvgIpc) is 2.60. The van der Waals surface area contributed by atoms with Gasteiger partial charge in [-0.05, 0) is 15.9 Å². The van der Waals surface area contributed by atoms with Crippen LogP contribution in [0.1, 0.15) is 6.04 Å². The quantitative estimate of drug-likeness (QED) is 0.760. The highest BCUT2D eigenvalue weighted by Gasteiger charge is 2.21. The summed E-state index contributed by atoms with van der Waals surface area (Å²) in [7, 11) is 2.86. The molecule has 1 unspecified atom stereocenters. The predicted molar refractivity (Wildman–Crippen MR) is 52.9 cm³/mol. The van der Waals surface area contributed by atoms with Gasteiger partial charge in [-0.1, -0.05) is 0 Å². The third kappa shape index (κ3) is 2.55. The topological polar surface area (TPSA) is 53.4 Å². The first kappa shape index (κ1) is 11.2. The van der Waals surface area contributed by atoms with Crippen molar-refractivity contribution in [3.8, 4) is 0 Å². The Morgan fingerprint density at radius 2 is 2.43 bits per heavy atom. The van der Waals surface area contributed by atoms with Gasteiger partial charge >= 0.3 is 5.97 Å². The molecule has 0 bridgehead atoms. The van der Waals surface area contributed by atoms with Crippen LogP contribution in [-0.4, -0.2) is 36.6 Å². The number of carbonyl (C=O) groups excluding carboxylic acids is 1. The van der Waals surface area contributed by atoms with E-state index in [1.807, 2.05) is 0 Å². The Morgan fingerprint density at radius 3 is 2.86 bits per heavy atom. The second kappa shape index (κ2) is 5.11. The number of methoxy groups -OCH3 is 2. The zero-order chi connectivity index (χ0) is 10.6. The van der Waals surface area contributed by atoms with Crippen molar-refractivity contribution in [2.75, 3.05) is 20.8 Å². The molecule has 0 N–H and O–H groups in total. The highest BCUT2D eigenvalue weighted by molar-refractivity contribution is 9.10. The van der Waals surface area contributed by atoms with Crippen LogP contribution in [0.25, 0.3) is 0 Å². The third-order valence-corrected chi connectivity index (χ3v) is 2.10. The number of halogens is 1. The summed E-state index contributed by atoms with van der Waals surface area (Å²) in [5, 5.41) is 3.99. The number of rotatable bonds is 4. The Kier molecular flexibility index (Phi) is 4.09. The van der Waals surface area contributed by atoms with Crippen LogP contribution >= 0.6 is 15.9 Å². The van der Waals surface area contributed by atoms with Crippen LogP contribution < -0.4 is 0 Å². The monoisotopic (exact) mass is 262 g/mol. The zero-order valence-electron chi connectivity index (χ0n) is 7.94. The minimum absolute atomic E-state index is 0.237. The predicted octanol–water partition coefficient (Wildman–Crippen LogP) is 1.01. The number of esters is 1. The van der Waals surface area contributed by atoms with Gasteiger partial charge in [-0.25, -0.2) is 4.79 Å². The maximum Gasteiger partial charge on any atom is 0.333 e. The lowest BCUT2D eigenvalue weighted by Gasteiger charge is -2.13. The van der Waals surface area contributed by atoms with E-state index in [-0.39, 0.29) is 12.6 Å². The molecule has 0 saturated carbocycles. The van der Waals surface area contributed by atoms with Crippen LogP contribution in [0.5, 0.6) is 0 Å². The second-order valence-corrected chi connectivity index (χ2v) is 3.55. The van der Waals surface area contributed by atoms with Gasteiger partial charge in [0.15, 0.2) is 6.04 Å². The van der Waals surface area contributed by atoms with E-state index in [0.29, 0.717) is 0 Å². The summed E-state index contributed by atoms with van der Waals surface area (Å²) in [6, 6.07) is -0.531. The van der Waals surface area contributed by atoms with E-state index in [4.69, 9.17) is 4.74 Å². The van der Waals surface area contributed by atoms with Crippen LogP contribution in [0, 0.1) is 0 Å². The Labute approximate surface area is 90.1 Å². The fourth-order valence-corrected chi connectivity index (χ4v) is 1.33. The van der Waals surface area contributed by atoms with E-state index >= 15 is 0 Å². The molecule has 14 heavy (non-hydrogen) atoms. The molecule has 0 saturated heterocycles. The van der Waals surface area contributed by atoms with Gasteiger partial charge < -0.3 is 9.47 Å². The average molecular weight is 263 g/mol. The molecule has 0 aliphatic rings. The smallest absolute Gasteiger partial charge is 0.333 e. The molecule has 0 aliphatic carbocycles. The van der Waals surface area contributed by atoms with E-state index in [1.165, 1.54) is 18.9 Å². The third-order valence-electron chi connectivity index (χ3n) is 1.69. The molecule has 78 valence electrons. The minimum atomic E-state index is -0.531. The Hall–Kier alpha value is -0.880. The normalized spacial score (nSPS) is 12.5. The lowest BCUT2D eigenvalue weighted by molar-refractivity contribution is -0.146. The first-order chi connectivity index (χ1) is 6.69. The largest absolute Gasteiger partial charge is 0.467 e. The van der Waals surface area contributed by atoms with Gasteiger partial charge in [-0.3, -0.25) is 4.68 Å². The number of carbonyl (C=O) groups is 1. The molecule has 6 heteroatoms. The summed E-state index contributed by atoms with van der Waals surface area (Å²) < 4.78 is 11.9. The van der Waals surface area contributed by atoms with Crippen molar-refractivity contribution in [3.05, 3.63) is 16.9 Å². The van der Waals surface area contributed by atoms with E-state index < -0.39 is 6.04 Å². The van der Waals surface area contributed by atoms with Gasteiger partial charge in [-0.15, -0.1) is 0 Å². The summed E-state index contributed by atoms with van der Waals surface area (Å²) in [5.41, 5.74) is 0. The van der Waals surface area contributed by atoms with Crippen molar-refractivity contribution in [2.45, 2.75) is 6.04 Å². The van der Waals surface area contributed by atoms with Crippen LogP contribution in [0.15, 0.2) is 16.9 Å². The Morgan fingerprint density at radius 1 is 1.71 bits per heavy atom.